The van der Waals surface area contributed by atoms with Gasteiger partial charge in [-0.1, -0.05) is 36.4 Å². The van der Waals surface area contributed by atoms with E-state index in [1.807, 2.05) is 30.3 Å². The quantitative estimate of drug-likeness (QED) is 0.533. The van der Waals surface area contributed by atoms with E-state index in [9.17, 15) is 24.6 Å². The van der Waals surface area contributed by atoms with Gasteiger partial charge in [0.15, 0.2) is 0 Å². The van der Waals surface area contributed by atoms with Crippen LogP contribution in [0.25, 0.3) is 22.3 Å². The molecule has 2 aromatic carbocycles. The zero-order valence-electron chi connectivity index (χ0n) is 14.7. The fraction of sp³-hybridized carbons (Fsp3) is 0.0500. The van der Waals surface area contributed by atoms with Crippen LogP contribution >= 0.6 is 0 Å². The maximum absolute atomic E-state index is 12.2. The molecule has 0 amide bonds. The summed E-state index contributed by atoms with van der Waals surface area (Å²) < 4.78 is 5.37. The van der Waals surface area contributed by atoms with Crippen molar-refractivity contribution in [2.45, 2.75) is 0 Å². The summed E-state index contributed by atoms with van der Waals surface area (Å²) in [6.45, 7) is 0. The number of carboxylic acid groups (broad SMARTS) is 2. The number of nitrogen functional groups attached to an aromatic ring is 1. The molecule has 1 aromatic heterocycles. The highest BCUT2D eigenvalue weighted by Gasteiger charge is 2.27. The molecule has 8 heteroatoms. The average Bonchev–Trinajstić information content (AvgIpc) is 2.66. The highest BCUT2D eigenvalue weighted by Crippen LogP contribution is 2.37. The van der Waals surface area contributed by atoms with Gasteiger partial charge in [0.2, 0.25) is 0 Å². The average molecular weight is 380 g/mol. The van der Waals surface area contributed by atoms with Crippen molar-refractivity contribution in [1.82, 2.24) is 4.98 Å². The zero-order chi connectivity index (χ0) is 20.4. The molecule has 28 heavy (non-hydrogen) atoms. The van der Waals surface area contributed by atoms with E-state index >= 15 is 0 Å². The highest BCUT2D eigenvalue weighted by atomic mass is 16.5. The number of H-pyrrole nitrogens is 1. The first kappa shape index (κ1) is 18.7. The minimum atomic E-state index is -1.56. The van der Waals surface area contributed by atoms with Crippen LogP contribution < -0.4 is 16.0 Å². The van der Waals surface area contributed by atoms with Gasteiger partial charge in [-0.3, -0.25) is 4.79 Å². The van der Waals surface area contributed by atoms with Crippen LogP contribution in [0.4, 0.5) is 5.82 Å². The molecule has 0 saturated heterocycles. The lowest BCUT2D eigenvalue weighted by Gasteiger charge is -2.15. The van der Waals surface area contributed by atoms with Gasteiger partial charge in [0.1, 0.15) is 22.7 Å². The molecule has 0 aliphatic heterocycles. The molecule has 3 aromatic rings. The third-order valence-electron chi connectivity index (χ3n) is 4.25. The summed E-state index contributed by atoms with van der Waals surface area (Å²) in [6, 6.07) is 13.7. The molecule has 142 valence electrons. The predicted molar refractivity (Wildman–Crippen MR) is 103 cm³/mol. The summed E-state index contributed by atoms with van der Waals surface area (Å²) in [5.74, 6) is -2.93. The normalized spacial score (nSPS) is 10.5. The van der Waals surface area contributed by atoms with Gasteiger partial charge in [0.05, 0.1) is 7.11 Å². The van der Waals surface area contributed by atoms with E-state index in [0.717, 1.165) is 5.56 Å². The third-order valence-corrected chi connectivity index (χ3v) is 4.25. The summed E-state index contributed by atoms with van der Waals surface area (Å²) in [4.78, 5) is 37.7. The van der Waals surface area contributed by atoms with Crippen LogP contribution in [-0.2, 0) is 0 Å². The van der Waals surface area contributed by atoms with Crippen LogP contribution in [-0.4, -0.2) is 34.2 Å². The molecule has 0 unspecified atom stereocenters. The van der Waals surface area contributed by atoms with Crippen molar-refractivity contribution in [3.05, 3.63) is 70.0 Å². The summed E-state index contributed by atoms with van der Waals surface area (Å²) in [5, 5.41) is 19.1. The lowest BCUT2D eigenvalue weighted by molar-refractivity contribution is 0.0695. The molecular formula is C20H16N2O6. The summed E-state index contributed by atoms with van der Waals surface area (Å²) in [6.07, 6.45) is 0. The molecule has 0 atom stereocenters. The molecule has 0 bridgehead atoms. The number of aromatic nitrogens is 1. The van der Waals surface area contributed by atoms with Crippen LogP contribution in [0.1, 0.15) is 20.7 Å². The van der Waals surface area contributed by atoms with E-state index in [4.69, 9.17) is 10.5 Å². The Morgan fingerprint density at radius 2 is 1.61 bits per heavy atom. The molecule has 1 heterocycles. The number of carboxylic acids is 2. The van der Waals surface area contributed by atoms with Crippen molar-refractivity contribution in [3.63, 3.8) is 0 Å². The van der Waals surface area contributed by atoms with Crippen molar-refractivity contribution in [3.8, 4) is 28.0 Å². The van der Waals surface area contributed by atoms with Gasteiger partial charge in [0.25, 0.3) is 5.56 Å². The molecule has 0 aliphatic carbocycles. The van der Waals surface area contributed by atoms with Gasteiger partial charge in [-0.05, 0) is 23.3 Å². The van der Waals surface area contributed by atoms with E-state index in [2.05, 4.69) is 4.98 Å². The number of hydrogen-bond donors (Lipinski definition) is 4. The second-order valence-electron chi connectivity index (χ2n) is 5.88. The predicted octanol–water partition coefficient (Wildman–Crippen LogP) is 2.70. The van der Waals surface area contributed by atoms with Crippen LogP contribution in [0.15, 0.2) is 53.3 Å². The number of methoxy groups -OCH3 is 1. The standard InChI is InChI=1S/C20H16N2O6/c1-28-13-8-7-11(9-12(13)10-5-3-2-4-6-10)14-15(19(24)25)17(21)22-18(23)16(14)20(26)27/h2-9H,1H3,(H,24,25)(H,26,27)(H3,21,22,23). The Labute approximate surface area is 158 Å². The van der Waals surface area contributed by atoms with Crippen LogP contribution in [0.2, 0.25) is 0 Å². The Kier molecular flexibility index (Phi) is 4.86. The van der Waals surface area contributed by atoms with Crippen molar-refractivity contribution < 1.29 is 24.5 Å². The Balaban J connectivity index is 2.40. The first-order valence-electron chi connectivity index (χ1n) is 8.11. The number of benzene rings is 2. The number of pyridine rings is 1. The number of aromatic carboxylic acids is 2. The second-order valence-corrected chi connectivity index (χ2v) is 5.88. The van der Waals surface area contributed by atoms with Gasteiger partial charge in [0, 0.05) is 11.1 Å². The van der Waals surface area contributed by atoms with Gasteiger partial charge >= 0.3 is 11.9 Å². The van der Waals surface area contributed by atoms with Gasteiger partial charge in [-0.2, -0.15) is 0 Å². The molecule has 0 fully saturated rings. The van der Waals surface area contributed by atoms with E-state index < -0.39 is 34.4 Å². The van der Waals surface area contributed by atoms with Crippen LogP contribution in [0, 0.1) is 0 Å². The largest absolute Gasteiger partial charge is 0.496 e. The first-order chi connectivity index (χ1) is 13.3. The van der Waals surface area contributed by atoms with Gasteiger partial charge in [-0.25, -0.2) is 9.59 Å². The van der Waals surface area contributed by atoms with Crippen molar-refractivity contribution in [1.29, 1.82) is 0 Å². The van der Waals surface area contributed by atoms with Gasteiger partial charge < -0.3 is 25.7 Å². The number of rotatable bonds is 5. The maximum Gasteiger partial charge on any atom is 0.342 e. The number of carbonyl (C=O) groups is 2. The second kappa shape index (κ2) is 7.28. The highest BCUT2D eigenvalue weighted by molar-refractivity contribution is 6.07. The van der Waals surface area contributed by atoms with Crippen molar-refractivity contribution >= 4 is 17.8 Å². The number of aromatic amines is 1. The summed E-state index contributed by atoms with van der Waals surface area (Å²) in [5.41, 5.74) is 4.84. The Hall–Kier alpha value is -4.07. The van der Waals surface area contributed by atoms with E-state index in [1.54, 1.807) is 12.1 Å². The summed E-state index contributed by atoms with van der Waals surface area (Å²) >= 11 is 0. The molecule has 0 saturated carbocycles. The van der Waals surface area contributed by atoms with Crippen molar-refractivity contribution in [2.75, 3.05) is 12.8 Å². The van der Waals surface area contributed by atoms with Crippen LogP contribution in [0.3, 0.4) is 0 Å². The molecule has 0 aliphatic rings. The molecule has 5 N–H and O–H groups in total. The molecule has 8 nitrogen and oxygen atoms in total. The van der Waals surface area contributed by atoms with Crippen molar-refractivity contribution in [2.24, 2.45) is 0 Å². The Bertz CT molecular complexity index is 1140. The smallest absolute Gasteiger partial charge is 0.342 e. The lowest BCUT2D eigenvalue weighted by Crippen LogP contribution is -2.24. The minimum absolute atomic E-state index is 0.215. The number of hydrogen-bond acceptors (Lipinski definition) is 5. The number of anilines is 1. The number of ether oxygens (including phenoxy) is 1. The maximum atomic E-state index is 12.2. The van der Waals surface area contributed by atoms with E-state index in [0.29, 0.717) is 11.3 Å². The minimum Gasteiger partial charge on any atom is -0.496 e. The first-order valence-corrected chi connectivity index (χ1v) is 8.11. The monoisotopic (exact) mass is 380 g/mol. The summed E-state index contributed by atoms with van der Waals surface area (Å²) in [7, 11) is 1.48. The SMILES string of the molecule is COc1ccc(-c2c(C(=O)O)c(N)[nH]c(=O)c2C(=O)O)cc1-c1ccccc1. The van der Waals surface area contributed by atoms with E-state index in [-0.39, 0.29) is 11.1 Å². The van der Waals surface area contributed by atoms with E-state index in [1.165, 1.54) is 13.2 Å². The Morgan fingerprint density at radius 1 is 0.964 bits per heavy atom. The third kappa shape index (κ3) is 3.18. The topological polar surface area (TPSA) is 143 Å². The number of nitrogens with one attached hydrogen (secondary N) is 1. The molecule has 0 radical (unpaired) electrons. The molecule has 0 spiro atoms. The zero-order valence-corrected chi connectivity index (χ0v) is 14.7. The Morgan fingerprint density at radius 3 is 2.18 bits per heavy atom. The fourth-order valence-electron chi connectivity index (χ4n) is 3.04. The molecule has 3 rings (SSSR count). The number of nitrogens with two attached hydrogens (primary N) is 1. The van der Waals surface area contributed by atoms with Gasteiger partial charge in [-0.15, -0.1) is 0 Å². The molecular weight excluding hydrogens is 364 g/mol. The van der Waals surface area contributed by atoms with Crippen LogP contribution in [0.5, 0.6) is 5.75 Å². The lowest BCUT2D eigenvalue weighted by atomic mass is 9.92. The fourth-order valence-corrected chi connectivity index (χ4v) is 3.04.